The Labute approximate surface area is 108 Å². The predicted octanol–water partition coefficient (Wildman–Crippen LogP) is 3.14. The summed E-state index contributed by atoms with van der Waals surface area (Å²) >= 11 is 5.83. The van der Waals surface area contributed by atoms with Crippen LogP contribution in [0.1, 0.15) is 18.5 Å². The minimum Gasteiger partial charge on any atom is -0.373 e. The molecule has 1 atom stereocenters. The van der Waals surface area contributed by atoms with Crippen molar-refractivity contribution in [3.05, 3.63) is 51.3 Å². The van der Waals surface area contributed by atoms with E-state index in [-0.39, 0.29) is 16.8 Å². The molecular formula is C11H11ClN4O2. The average molecular weight is 267 g/mol. The van der Waals surface area contributed by atoms with Crippen LogP contribution in [0.2, 0.25) is 5.02 Å². The zero-order chi connectivity index (χ0) is 13.1. The van der Waals surface area contributed by atoms with Gasteiger partial charge in [0.05, 0.1) is 17.2 Å². The van der Waals surface area contributed by atoms with Gasteiger partial charge in [0, 0.05) is 11.8 Å². The first-order valence-electron chi connectivity index (χ1n) is 5.27. The second-order valence-electron chi connectivity index (χ2n) is 3.79. The van der Waals surface area contributed by atoms with Crippen LogP contribution in [-0.4, -0.2) is 15.1 Å². The maximum Gasteiger partial charge on any atom is 0.310 e. The summed E-state index contributed by atoms with van der Waals surface area (Å²) in [5.74, 6) is 0. The van der Waals surface area contributed by atoms with Crippen LogP contribution >= 0.6 is 11.6 Å². The van der Waals surface area contributed by atoms with Gasteiger partial charge in [-0.15, -0.1) is 0 Å². The molecule has 0 fully saturated rings. The van der Waals surface area contributed by atoms with Crippen molar-refractivity contribution < 1.29 is 4.92 Å². The summed E-state index contributed by atoms with van der Waals surface area (Å²) < 4.78 is 0. The summed E-state index contributed by atoms with van der Waals surface area (Å²) in [6.45, 7) is 1.88. The Kier molecular flexibility index (Phi) is 3.47. The van der Waals surface area contributed by atoms with Crippen LogP contribution in [-0.2, 0) is 0 Å². The largest absolute Gasteiger partial charge is 0.373 e. The normalized spacial score (nSPS) is 12.1. The van der Waals surface area contributed by atoms with E-state index < -0.39 is 4.92 Å². The zero-order valence-electron chi connectivity index (χ0n) is 9.55. The van der Waals surface area contributed by atoms with Gasteiger partial charge in [-0.05, 0) is 19.1 Å². The van der Waals surface area contributed by atoms with E-state index in [0.717, 1.165) is 5.56 Å². The Morgan fingerprint density at radius 2 is 2.33 bits per heavy atom. The molecule has 0 spiro atoms. The number of aromatic nitrogens is 2. The minimum atomic E-state index is -0.493. The fourth-order valence-corrected chi connectivity index (χ4v) is 1.88. The number of benzene rings is 1. The number of halogens is 1. The van der Waals surface area contributed by atoms with Gasteiger partial charge in [0.25, 0.3) is 0 Å². The lowest BCUT2D eigenvalue weighted by Crippen LogP contribution is -2.07. The van der Waals surface area contributed by atoms with Gasteiger partial charge in [0.15, 0.2) is 0 Å². The van der Waals surface area contributed by atoms with Gasteiger partial charge in [-0.2, -0.15) is 5.10 Å². The average Bonchev–Trinajstić information content (AvgIpc) is 2.81. The molecule has 7 heteroatoms. The first-order chi connectivity index (χ1) is 8.59. The van der Waals surface area contributed by atoms with E-state index in [1.54, 1.807) is 24.5 Å². The molecule has 0 aliphatic heterocycles. The SMILES string of the molecule is CC(Nc1cccc(Cl)c1[N+](=O)[O-])c1cn[nH]c1. The van der Waals surface area contributed by atoms with Crippen LogP contribution in [0.5, 0.6) is 0 Å². The van der Waals surface area contributed by atoms with Crippen LogP contribution in [0.25, 0.3) is 0 Å². The van der Waals surface area contributed by atoms with Crippen LogP contribution in [0.4, 0.5) is 11.4 Å². The molecule has 2 N–H and O–H groups in total. The van der Waals surface area contributed by atoms with Crippen molar-refractivity contribution in [2.75, 3.05) is 5.32 Å². The maximum atomic E-state index is 11.0. The van der Waals surface area contributed by atoms with Crippen molar-refractivity contribution in [2.24, 2.45) is 0 Å². The van der Waals surface area contributed by atoms with E-state index in [9.17, 15) is 10.1 Å². The number of para-hydroxylation sites is 1. The van der Waals surface area contributed by atoms with E-state index in [0.29, 0.717) is 5.69 Å². The molecule has 0 saturated heterocycles. The molecule has 1 unspecified atom stereocenters. The number of nitrogens with one attached hydrogen (secondary N) is 2. The minimum absolute atomic E-state index is 0.110. The van der Waals surface area contributed by atoms with Gasteiger partial charge in [-0.1, -0.05) is 17.7 Å². The van der Waals surface area contributed by atoms with E-state index in [2.05, 4.69) is 15.5 Å². The van der Waals surface area contributed by atoms with Crippen molar-refractivity contribution in [3.8, 4) is 0 Å². The lowest BCUT2D eigenvalue weighted by molar-refractivity contribution is -0.383. The van der Waals surface area contributed by atoms with Crippen molar-refractivity contribution in [2.45, 2.75) is 13.0 Å². The van der Waals surface area contributed by atoms with E-state index in [4.69, 9.17) is 11.6 Å². The number of anilines is 1. The Morgan fingerprint density at radius 3 is 2.94 bits per heavy atom. The standard InChI is InChI=1S/C11H11ClN4O2/c1-7(8-5-13-14-6-8)15-10-4-2-3-9(12)11(10)16(17)18/h2-7,15H,1H3,(H,13,14). The van der Waals surface area contributed by atoms with Crippen LogP contribution < -0.4 is 5.32 Å². The van der Waals surface area contributed by atoms with Crippen LogP contribution in [0, 0.1) is 10.1 Å². The summed E-state index contributed by atoms with van der Waals surface area (Å²) in [7, 11) is 0. The molecule has 94 valence electrons. The molecule has 1 heterocycles. The summed E-state index contributed by atoms with van der Waals surface area (Å²) in [4.78, 5) is 10.5. The van der Waals surface area contributed by atoms with Gasteiger partial charge < -0.3 is 5.32 Å². The number of nitro benzene ring substituents is 1. The molecule has 2 aromatic rings. The smallest absolute Gasteiger partial charge is 0.310 e. The molecule has 0 saturated carbocycles. The van der Waals surface area contributed by atoms with Gasteiger partial charge in [-0.3, -0.25) is 15.2 Å². The number of hydrogen-bond acceptors (Lipinski definition) is 4. The number of H-pyrrole nitrogens is 1. The highest BCUT2D eigenvalue weighted by molar-refractivity contribution is 6.33. The quantitative estimate of drug-likeness (QED) is 0.658. The Balaban J connectivity index is 2.29. The monoisotopic (exact) mass is 266 g/mol. The summed E-state index contributed by atoms with van der Waals surface area (Å²) in [6, 6.07) is 4.68. The van der Waals surface area contributed by atoms with Crippen molar-refractivity contribution in [1.29, 1.82) is 0 Å². The van der Waals surface area contributed by atoms with Crippen molar-refractivity contribution in [1.82, 2.24) is 10.2 Å². The highest BCUT2D eigenvalue weighted by atomic mass is 35.5. The van der Waals surface area contributed by atoms with Gasteiger partial charge in [-0.25, -0.2) is 0 Å². The molecule has 1 aromatic carbocycles. The van der Waals surface area contributed by atoms with E-state index in [1.165, 1.54) is 6.07 Å². The fraction of sp³-hybridized carbons (Fsp3) is 0.182. The highest BCUT2D eigenvalue weighted by Crippen LogP contribution is 2.34. The predicted molar refractivity (Wildman–Crippen MR) is 68.7 cm³/mol. The van der Waals surface area contributed by atoms with Crippen LogP contribution in [0.3, 0.4) is 0 Å². The lowest BCUT2D eigenvalue weighted by Gasteiger charge is -2.13. The third-order valence-corrected chi connectivity index (χ3v) is 2.87. The third kappa shape index (κ3) is 2.43. The van der Waals surface area contributed by atoms with Crippen LogP contribution in [0.15, 0.2) is 30.6 Å². The second kappa shape index (κ2) is 5.05. The van der Waals surface area contributed by atoms with E-state index >= 15 is 0 Å². The fourth-order valence-electron chi connectivity index (χ4n) is 1.63. The summed E-state index contributed by atoms with van der Waals surface area (Å²) in [6.07, 6.45) is 3.39. The molecule has 18 heavy (non-hydrogen) atoms. The molecular weight excluding hydrogens is 256 g/mol. The molecule has 0 radical (unpaired) electrons. The molecule has 1 aromatic heterocycles. The highest BCUT2D eigenvalue weighted by Gasteiger charge is 2.20. The third-order valence-electron chi connectivity index (χ3n) is 2.56. The molecule has 0 aliphatic rings. The molecule has 0 bridgehead atoms. The topological polar surface area (TPSA) is 83.8 Å². The second-order valence-corrected chi connectivity index (χ2v) is 4.20. The van der Waals surface area contributed by atoms with Crippen molar-refractivity contribution in [3.63, 3.8) is 0 Å². The Hall–Kier alpha value is -2.08. The summed E-state index contributed by atoms with van der Waals surface area (Å²) in [5, 5.41) is 20.7. The Bertz CT molecular complexity index is 556. The number of rotatable bonds is 4. The Morgan fingerprint density at radius 1 is 1.56 bits per heavy atom. The number of hydrogen-bond donors (Lipinski definition) is 2. The number of nitrogens with zero attached hydrogens (tertiary/aromatic N) is 2. The molecule has 0 aliphatic carbocycles. The van der Waals surface area contributed by atoms with Gasteiger partial charge >= 0.3 is 5.69 Å². The lowest BCUT2D eigenvalue weighted by atomic mass is 10.1. The first-order valence-corrected chi connectivity index (χ1v) is 5.65. The molecule has 2 rings (SSSR count). The zero-order valence-corrected chi connectivity index (χ0v) is 10.3. The van der Waals surface area contributed by atoms with E-state index in [1.807, 2.05) is 6.92 Å². The van der Waals surface area contributed by atoms with Gasteiger partial charge in [0.1, 0.15) is 10.7 Å². The number of nitro groups is 1. The number of aromatic amines is 1. The maximum absolute atomic E-state index is 11.0. The summed E-state index contributed by atoms with van der Waals surface area (Å²) in [5.41, 5.74) is 1.18. The molecule has 6 nitrogen and oxygen atoms in total. The van der Waals surface area contributed by atoms with Crippen molar-refractivity contribution >= 4 is 23.0 Å². The first kappa shape index (κ1) is 12.4. The molecule has 0 amide bonds. The van der Waals surface area contributed by atoms with Gasteiger partial charge in [0.2, 0.25) is 0 Å².